The van der Waals surface area contributed by atoms with Crippen LogP contribution >= 0.6 is 11.6 Å². The third kappa shape index (κ3) is 7.66. The monoisotopic (exact) mass is 441 g/mol. The molecule has 3 nitrogen and oxygen atoms in total. The van der Waals surface area contributed by atoms with Crippen LogP contribution in [0.2, 0.25) is 5.02 Å². The molecule has 0 unspecified atom stereocenters. The van der Waals surface area contributed by atoms with E-state index in [1.807, 2.05) is 24.3 Å². The van der Waals surface area contributed by atoms with E-state index in [0.717, 1.165) is 50.9 Å². The second-order valence-corrected chi connectivity index (χ2v) is 9.22. The van der Waals surface area contributed by atoms with E-state index in [0.29, 0.717) is 17.4 Å². The van der Waals surface area contributed by atoms with Crippen LogP contribution in [0.15, 0.2) is 48.5 Å². The van der Waals surface area contributed by atoms with Crippen LogP contribution in [0, 0.1) is 0 Å². The van der Waals surface area contributed by atoms with E-state index in [9.17, 15) is 4.79 Å². The molecule has 0 aliphatic heterocycles. The zero-order valence-electron chi connectivity index (χ0n) is 19.0. The second-order valence-electron chi connectivity index (χ2n) is 8.78. The van der Waals surface area contributed by atoms with Crippen LogP contribution in [0.5, 0.6) is 0 Å². The summed E-state index contributed by atoms with van der Waals surface area (Å²) in [6, 6.07) is 16.6. The van der Waals surface area contributed by atoms with Crippen molar-refractivity contribution in [3.8, 4) is 0 Å². The Kier molecular flexibility index (Phi) is 9.42. The summed E-state index contributed by atoms with van der Waals surface area (Å²) in [7, 11) is 0. The number of benzene rings is 2. The summed E-state index contributed by atoms with van der Waals surface area (Å²) >= 11 is 5.91. The fourth-order valence-electron chi connectivity index (χ4n) is 4.57. The van der Waals surface area contributed by atoms with E-state index in [1.165, 1.54) is 24.0 Å². The summed E-state index contributed by atoms with van der Waals surface area (Å²) < 4.78 is 5.74. The Morgan fingerprint density at radius 3 is 2.06 bits per heavy atom. The molecule has 0 spiro atoms. The molecule has 4 heteroatoms. The van der Waals surface area contributed by atoms with Crippen LogP contribution in [0.3, 0.4) is 0 Å². The van der Waals surface area contributed by atoms with Crippen molar-refractivity contribution in [2.45, 2.75) is 77.4 Å². The van der Waals surface area contributed by atoms with Crippen molar-refractivity contribution >= 4 is 17.6 Å². The minimum atomic E-state index is -0.140. The molecule has 0 atom stereocenters. The maximum atomic E-state index is 12.3. The van der Waals surface area contributed by atoms with Crippen LogP contribution in [0.4, 0.5) is 0 Å². The number of ether oxygens (including phenoxy) is 1. The normalized spacial score (nSPS) is 18.8. The molecule has 0 saturated heterocycles. The van der Waals surface area contributed by atoms with Gasteiger partial charge in [0.15, 0.2) is 0 Å². The first-order valence-electron chi connectivity index (χ1n) is 11.8. The lowest BCUT2D eigenvalue weighted by molar-refractivity contribution is -0.149. The van der Waals surface area contributed by atoms with Gasteiger partial charge in [-0.05, 0) is 86.4 Å². The molecule has 0 aromatic heterocycles. The van der Waals surface area contributed by atoms with Gasteiger partial charge in [0.05, 0.1) is 6.42 Å². The molecule has 0 N–H and O–H groups in total. The molecule has 31 heavy (non-hydrogen) atoms. The first-order chi connectivity index (χ1) is 15.1. The van der Waals surface area contributed by atoms with Crippen LogP contribution < -0.4 is 0 Å². The lowest BCUT2D eigenvalue weighted by Crippen LogP contribution is -2.25. The topological polar surface area (TPSA) is 29.5 Å². The smallest absolute Gasteiger partial charge is 0.310 e. The van der Waals surface area contributed by atoms with E-state index < -0.39 is 0 Å². The third-order valence-electron chi connectivity index (χ3n) is 6.17. The molecule has 0 radical (unpaired) electrons. The highest BCUT2D eigenvalue weighted by Gasteiger charge is 2.25. The van der Waals surface area contributed by atoms with E-state index in [2.05, 4.69) is 43.0 Å². The van der Waals surface area contributed by atoms with Gasteiger partial charge in [-0.15, -0.1) is 0 Å². The van der Waals surface area contributed by atoms with Crippen molar-refractivity contribution < 1.29 is 9.53 Å². The molecule has 0 heterocycles. The molecule has 168 valence electrons. The fourth-order valence-corrected chi connectivity index (χ4v) is 4.69. The molecule has 2 aromatic rings. The summed E-state index contributed by atoms with van der Waals surface area (Å²) in [5, 5.41) is 0.683. The number of halogens is 1. The Balaban J connectivity index is 1.44. The number of esters is 1. The summed E-state index contributed by atoms with van der Waals surface area (Å²) in [5.41, 5.74) is 3.77. The van der Waals surface area contributed by atoms with Gasteiger partial charge in [0.1, 0.15) is 6.10 Å². The van der Waals surface area contributed by atoms with Crippen LogP contribution in [-0.4, -0.2) is 30.1 Å². The van der Waals surface area contributed by atoms with Gasteiger partial charge >= 0.3 is 5.97 Å². The lowest BCUT2D eigenvalue weighted by atomic mass is 9.82. The SMILES string of the molecule is CCCN(CCC)Cc1ccc([C@H]2CC[C@H](OC(=O)Cc3ccc(Cl)cc3)CC2)cc1. The molecular weight excluding hydrogens is 406 g/mol. The van der Waals surface area contributed by atoms with Gasteiger partial charge in [0.25, 0.3) is 0 Å². The third-order valence-corrected chi connectivity index (χ3v) is 6.42. The minimum absolute atomic E-state index is 0.0481. The van der Waals surface area contributed by atoms with Gasteiger partial charge in [-0.2, -0.15) is 0 Å². The predicted molar refractivity (Wildman–Crippen MR) is 129 cm³/mol. The average molecular weight is 442 g/mol. The maximum absolute atomic E-state index is 12.3. The van der Waals surface area contributed by atoms with E-state index in [1.54, 1.807) is 0 Å². The average Bonchev–Trinajstić information content (AvgIpc) is 2.77. The largest absolute Gasteiger partial charge is 0.462 e. The molecule has 0 bridgehead atoms. The standard InChI is InChI=1S/C27H36ClNO2/c1-3-17-29(18-4-2)20-22-5-9-23(10-6-22)24-11-15-26(16-12-24)31-27(30)19-21-7-13-25(28)14-8-21/h5-10,13-14,24,26H,3-4,11-12,15-20H2,1-2H3/t24-,26-. The van der Waals surface area contributed by atoms with Crippen molar-refractivity contribution in [2.75, 3.05) is 13.1 Å². The van der Waals surface area contributed by atoms with Gasteiger partial charge in [0.2, 0.25) is 0 Å². The number of carbonyl (C=O) groups excluding carboxylic acids is 1. The number of carbonyl (C=O) groups is 1. The molecule has 1 aliphatic carbocycles. The maximum Gasteiger partial charge on any atom is 0.310 e. The highest BCUT2D eigenvalue weighted by atomic mass is 35.5. The molecule has 0 amide bonds. The summed E-state index contributed by atoms with van der Waals surface area (Å²) in [4.78, 5) is 14.8. The summed E-state index contributed by atoms with van der Waals surface area (Å²) in [6.45, 7) is 7.86. The fraction of sp³-hybridized carbons (Fsp3) is 0.519. The quantitative estimate of drug-likeness (QED) is 0.381. The van der Waals surface area contributed by atoms with E-state index >= 15 is 0 Å². The zero-order chi connectivity index (χ0) is 22.1. The Morgan fingerprint density at radius 1 is 0.903 bits per heavy atom. The predicted octanol–water partition coefficient (Wildman–Crippen LogP) is 6.77. The molecule has 3 rings (SSSR count). The van der Waals surface area contributed by atoms with Gasteiger partial charge < -0.3 is 4.74 Å². The van der Waals surface area contributed by atoms with Crippen LogP contribution in [0.25, 0.3) is 0 Å². The van der Waals surface area contributed by atoms with E-state index in [4.69, 9.17) is 16.3 Å². The lowest BCUT2D eigenvalue weighted by Gasteiger charge is -2.29. The van der Waals surface area contributed by atoms with Crippen molar-refractivity contribution in [1.82, 2.24) is 4.90 Å². The zero-order valence-corrected chi connectivity index (χ0v) is 19.7. The van der Waals surface area contributed by atoms with E-state index in [-0.39, 0.29) is 12.1 Å². The Hall–Kier alpha value is -1.84. The molecule has 1 aliphatic rings. The van der Waals surface area contributed by atoms with Gasteiger partial charge in [0, 0.05) is 11.6 Å². The molecule has 1 saturated carbocycles. The Bertz CT molecular complexity index is 789. The van der Waals surface area contributed by atoms with Crippen molar-refractivity contribution in [1.29, 1.82) is 0 Å². The molecular formula is C27H36ClNO2. The Labute approximate surface area is 192 Å². The highest BCUT2D eigenvalue weighted by Crippen LogP contribution is 2.34. The number of hydrogen-bond acceptors (Lipinski definition) is 3. The first-order valence-corrected chi connectivity index (χ1v) is 12.2. The van der Waals surface area contributed by atoms with Crippen LogP contribution in [0.1, 0.15) is 75.0 Å². The molecule has 2 aromatic carbocycles. The van der Waals surface area contributed by atoms with Crippen molar-refractivity contribution in [2.24, 2.45) is 0 Å². The van der Waals surface area contributed by atoms with Crippen molar-refractivity contribution in [3.63, 3.8) is 0 Å². The number of hydrogen-bond donors (Lipinski definition) is 0. The second kappa shape index (κ2) is 12.3. The first kappa shape index (κ1) is 23.8. The summed E-state index contributed by atoms with van der Waals surface area (Å²) in [5.74, 6) is 0.432. The van der Waals surface area contributed by atoms with Gasteiger partial charge in [-0.3, -0.25) is 9.69 Å². The van der Waals surface area contributed by atoms with Gasteiger partial charge in [-0.1, -0.05) is 61.8 Å². The van der Waals surface area contributed by atoms with Crippen molar-refractivity contribution in [3.05, 3.63) is 70.2 Å². The number of rotatable bonds is 10. The van der Waals surface area contributed by atoms with Crippen LogP contribution in [-0.2, 0) is 22.5 Å². The Morgan fingerprint density at radius 2 is 1.48 bits per heavy atom. The number of nitrogens with zero attached hydrogens (tertiary/aromatic N) is 1. The highest BCUT2D eigenvalue weighted by molar-refractivity contribution is 6.30. The molecule has 1 fully saturated rings. The summed E-state index contributed by atoms with van der Waals surface area (Å²) in [6.07, 6.45) is 6.81. The van der Waals surface area contributed by atoms with Gasteiger partial charge in [-0.25, -0.2) is 0 Å². The minimum Gasteiger partial charge on any atom is -0.462 e.